The third-order valence-electron chi connectivity index (χ3n) is 2.77. The van der Waals surface area contributed by atoms with Crippen LogP contribution in [0, 0.1) is 0 Å². The monoisotopic (exact) mass is 335 g/mol. The van der Waals surface area contributed by atoms with E-state index in [9.17, 15) is 19.5 Å². The summed E-state index contributed by atoms with van der Waals surface area (Å²) in [5.41, 5.74) is -0.00798. The van der Waals surface area contributed by atoms with E-state index in [1.165, 1.54) is 12.1 Å². The summed E-state index contributed by atoms with van der Waals surface area (Å²) >= 11 is 0.769. The SMILES string of the molecule is CC(C)(C)OC(=O)CN1C(=O)SC(=Cc2ccc(O)cc2)C1=O. The molecule has 0 spiro atoms. The number of carbonyl (C=O) groups excluding carboxylic acids is 3. The maximum atomic E-state index is 12.2. The smallest absolute Gasteiger partial charge is 0.326 e. The molecular weight excluding hydrogens is 318 g/mol. The summed E-state index contributed by atoms with van der Waals surface area (Å²) in [5, 5.41) is 8.73. The lowest BCUT2D eigenvalue weighted by atomic mass is 10.2. The minimum atomic E-state index is -0.680. The Morgan fingerprint density at radius 1 is 1.26 bits per heavy atom. The number of nitrogens with zero attached hydrogens (tertiary/aromatic N) is 1. The number of hydrogen-bond donors (Lipinski definition) is 1. The van der Waals surface area contributed by atoms with E-state index >= 15 is 0 Å². The summed E-state index contributed by atoms with van der Waals surface area (Å²) < 4.78 is 5.12. The van der Waals surface area contributed by atoms with E-state index < -0.39 is 29.3 Å². The van der Waals surface area contributed by atoms with Crippen LogP contribution < -0.4 is 0 Å². The van der Waals surface area contributed by atoms with Crippen LogP contribution in [0.3, 0.4) is 0 Å². The van der Waals surface area contributed by atoms with Crippen molar-refractivity contribution in [1.29, 1.82) is 0 Å². The molecule has 0 bridgehead atoms. The van der Waals surface area contributed by atoms with Crippen LogP contribution in [0.1, 0.15) is 26.3 Å². The van der Waals surface area contributed by atoms with Gasteiger partial charge in [-0.15, -0.1) is 0 Å². The number of imide groups is 1. The molecule has 0 aromatic heterocycles. The Kier molecular flexibility index (Phi) is 4.79. The molecule has 1 N–H and O–H groups in total. The predicted octanol–water partition coefficient (Wildman–Crippen LogP) is 2.77. The van der Waals surface area contributed by atoms with E-state index in [2.05, 4.69) is 0 Å². The first-order valence-electron chi connectivity index (χ1n) is 6.92. The molecule has 0 aliphatic carbocycles. The van der Waals surface area contributed by atoms with Crippen LogP contribution in [0.5, 0.6) is 5.75 Å². The van der Waals surface area contributed by atoms with Crippen LogP contribution in [0.2, 0.25) is 0 Å². The molecule has 0 atom stereocenters. The molecule has 7 heteroatoms. The number of amides is 2. The van der Waals surface area contributed by atoms with Crippen molar-refractivity contribution < 1.29 is 24.2 Å². The molecule has 0 saturated carbocycles. The average molecular weight is 335 g/mol. The van der Waals surface area contributed by atoms with Gasteiger partial charge in [-0.05, 0) is 56.3 Å². The van der Waals surface area contributed by atoms with Crippen molar-refractivity contribution in [3.63, 3.8) is 0 Å². The Hall–Kier alpha value is -2.28. The van der Waals surface area contributed by atoms with E-state index in [0.717, 1.165) is 16.7 Å². The van der Waals surface area contributed by atoms with Crippen molar-refractivity contribution in [2.75, 3.05) is 6.54 Å². The third kappa shape index (κ3) is 4.59. The molecule has 1 heterocycles. The number of ether oxygens (including phenoxy) is 1. The second-order valence-corrected chi connectivity index (χ2v) is 6.94. The molecule has 1 aliphatic rings. The molecule has 6 nitrogen and oxygen atoms in total. The zero-order valence-electron chi connectivity index (χ0n) is 13.0. The molecule has 1 aromatic carbocycles. The molecule has 1 saturated heterocycles. The zero-order chi connectivity index (χ0) is 17.2. The van der Waals surface area contributed by atoms with Crippen LogP contribution in [0.25, 0.3) is 6.08 Å². The van der Waals surface area contributed by atoms with Gasteiger partial charge in [-0.3, -0.25) is 19.3 Å². The standard InChI is InChI=1S/C16H17NO5S/c1-16(2,3)22-13(19)9-17-14(20)12(23-15(17)21)8-10-4-6-11(18)7-5-10/h4-8,18H,9H2,1-3H3. The minimum Gasteiger partial charge on any atom is -0.508 e. The van der Waals surface area contributed by atoms with Crippen LogP contribution >= 0.6 is 11.8 Å². The normalized spacial score (nSPS) is 17.0. The summed E-state index contributed by atoms with van der Waals surface area (Å²) in [6.07, 6.45) is 1.54. The second-order valence-electron chi connectivity index (χ2n) is 5.95. The fraction of sp³-hybridized carbons (Fsp3) is 0.312. The molecule has 0 unspecified atom stereocenters. The van der Waals surface area contributed by atoms with Gasteiger partial charge in [0.2, 0.25) is 0 Å². The number of carbonyl (C=O) groups is 3. The largest absolute Gasteiger partial charge is 0.508 e. The first kappa shape index (κ1) is 17.1. The fourth-order valence-electron chi connectivity index (χ4n) is 1.86. The van der Waals surface area contributed by atoms with Crippen LogP contribution in [0.4, 0.5) is 4.79 Å². The van der Waals surface area contributed by atoms with E-state index in [-0.39, 0.29) is 10.7 Å². The van der Waals surface area contributed by atoms with Crippen molar-refractivity contribution in [1.82, 2.24) is 4.90 Å². The van der Waals surface area contributed by atoms with Crippen molar-refractivity contribution in [3.05, 3.63) is 34.7 Å². The van der Waals surface area contributed by atoms with Crippen molar-refractivity contribution in [2.24, 2.45) is 0 Å². The Balaban J connectivity index is 2.10. The summed E-state index contributed by atoms with van der Waals surface area (Å²) in [7, 11) is 0. The Bertz CT molecular complexity index is 673. The lowest BCUT2D eigenvalue weighted by Crippen LogP contribution is -2.37. The summed E-state index contributed by atoms with van der Waals surface area (Å²) in [4.78, 5) is 37.0. The summed E-state index contributed by atoms with van der Waals surface area (Å²) in [6.45, 7) is 4.73. The van der Waals surface area contributed by atoms with Gasteiger partial charge in [-0.1, -0.05) is 12.1 Å². The summed E-state index contributed by atoms with van der Waals surface area (Å²) in [5.74, 6) is -1.05. The minimum absolute atomic E-state index is 0.111. The lowest BCUT2D eigenvalue weighted by molar-refractivity contribution is -0.156. The van der Waals surface area contributed by atoms with Crippen molar-refractivity contribution in [3.8, 4) is 5.75 Å². The van der Waals surface area contributed by atoms with Gasteiger partial charge in [0.15, 0.2) is 0 Å². The van der Waals surface area contributed by atoms with Crippen LogP contribution in [-0.4, -0.2) is 39.3 Å². The topological polar surface area (TPSA) is 83.9 Å². The zero-order valence-corrected chi connectivity index (χ0v) is 13.8. The molecule has 0 radical (unpaired) electrons. The number of benzene rings is 1. The van der Waals surface area contributed by atoms with Gasteiger partial charge < -0.3 is 9.84 Å². The molecule has 1 aliphatic heterocycles. The molecule has 1 fully saturated rings. The Morgan fingerprint density at radius 2 is 1.87 bits per heavy atom. The van der Waals surface area contributed by atoms with Gasteiger partial charge in [0.05, 0.1) is 4.91 Å². The van der Waals surface area contributed by atoms with E-state index in [4.69, 9.17) is 4.74 Å². The van der Waals surface area contributed by atoms with Gasteiger partial charge in [-0.25, -0.2) is 0 Å². The number of aromatic hydroxyl groups is 1. The van der Waals surface area contributed by atoms with Gasteiger partial charge in [0.25, 0.3) is 11.1 Å². The summed E-state index contributed by atoms with van der Waals surface area (Å²) in [6, 6.07) is 6.21. The van der Waals surface area contributed by atoms with Gasteiger partial charge in [0, 0.05) is 0 Å². The lowest BCUT2D eigenvalue weighted by Gasteiger charge is -2.21. The number of phenolic OH excluding ortho intramolecular Hbond substituents is 1. The number of esters is 1. The first-order chi connectivity index (χ1) is 10.7. The molecule has 2 amide bonds. The van der Waals surface area contributed by atoms with Crippen molar-refractivity contribution >= 4 is 35.0 Å². The first-order valence-corrected chi connectivity index (χ1v) is 7.73. The maximum Gasteiger partial charge on any atom is 0.326 e. The molecule has 23 heavy (non-hydrogen) atoms. The Morgan fingerprint density at radius 3 is 2.43 bits per heavy atom. The number of phenols is 1. The molecular formula is C16H17NO5S. The predicted molar refractivity (Wildman–Crippen MR) is 86.6 cm³/mol. The molecule has 1 aromatic rings. The van der Waals surface area contributed by atoms with Crippen LogP contribution in [0.15, 0.2) is 29.2 Å². The number of hydrogen-bond acceptors (Lipinski definition) is 6. The highest BCUT2D eigenvalue weighted by atomic mass is 32.2. The van der Waals surface area contributed by atoms with Crippen LogP contribution in [-0.2, 0) is 14.3 Å². The van der Waals surface area contributed by atoms with Gasteiger partial charge >= 0.3 is 5.97 Å². The number of rotatable bonds is 3. The fourth-order valence-corrected chi connectivity index (χ4v) is 2.70. The number of thioether (sulfide) groups is 1. The van der Waals surface area contributed by atoms with Crippen molar-refractivity contribution in [2.45, 2.75) is 26.4 Å². The third-order valence-corrected chi connectivity index (χ3v) is 3.68. The van der Waals surface area contributed by atoms with E-state index in [1.54, 1.807) is 39.0 Å². The van der Waals surface area contributed by atoms with E-state index in [0.29, 0.717) is 5.56 Å². The van der Waals surface area contributed by atoms with Gasteiger partial charge in [0.1, 0.15) is 17.9 Å². The average Bonchev–Trinajstić information content (AvgIpc) is 2.67. The molecule has 2 rings (SSSR count). The highest BCUT2D eigenvalue weighted by Crippen LogP contribution is 2.32. The maximum absolute atomic E-state index is 12.2. The highest BCUT2D eigenvalue weighted by molar-refractivity contribution is 8.18. The van der Waals surface area contributed by atoms with Gasteiger partial charge in [-0.2, -0.15) is 0 Å². The quantitative estimate of drug-likeness (QED) is 0.675. The molecule has 122 valence electrons. The second kappa shape index (κ2) is 6.45. The highest BCUT2D eigenvalue weighted by Gasteiger charge is 2.37. The van der Waals surface area contributed by atoms with E-state index in [1.807, 2.05) is 0 Å². The Labute approximate surface area is 138 Å².